The Bertz CT molecular complexity index is 1090. The van der Waals surface area contributed by atoms with Gasteiger partial charge in [-0.3, -0.25) is 9.78 Å². The Morgan fingerprint density at radius 1 is 0.935 bits per heavy atom. The first kappa shape index (κ1) is 22.1. The second-order valence-corrected chi connectivity index (χ2v) is 6.38. The van der Waals surface area contributed by atoms with Crippen LogP contribution in [-0.2, 0) is 12.4 Å². The van der Waals surface area contributed by atoms with Crippen molar-refractivity contribution in [2.24, 2.45) is 0 Å². The first-order chi connectivity index (χ1) is 14.5. The minimum atomic E-state index is -4.64. The predicted octanol–water partition coefficient (Wildman–Crippen LogP) is 6.05. The molecule has 1 amide bonds. The summed E-state index contributed by atoms with van der Waals surface area (Å²) in [5.74, 6) is -0.847. The molecule has 0 unspecified atom stereocenters. The highest BCUT2D eigenvalue weighted by atomic mass is 19.4. The molecule has 0 aliphatic heterocycles. The lowest BCUT2D eigenvalue weighted by Crippen LogP contribution is -2.13. The number of aromatic nitrogens is 1. The summed E-state index contributed by atoms with van der Waals surface area (Å²) in [7, 11) is 1.19. The number of alkyl halides is 6. The maximum absolute atomic E-state index is 13.2. The Kier molecular flexibility index (Phi) is 5.92. The van der Waals surface area contributed by atoms with Crippen LogP contribution in [0.5, 0.6) is 5.75 Å². The molecular formula is C21H14F6N2O2. The van der Waals surface area contributed by atoms with Gasteiger partial charge in [0.2, 0.25) is 0 Å². The van der Waals surface area contributed by atoms with Gasteiger partial charge in [-0.15, -0.1) is 0 Å². The highest BCUT2D eigenvalue weighted by molar-refractivity contribution is 6.04. The summed E-state index contributed by atoms with van der Waals surface area (Å²) in [5.41, 5.74) is -2.22. The van der Waals surface area contributed by atoms with Crippen molar-refractivity contribution in [3.63, 3.8) is 0 Å². The molecule has 0 aliphatic rings. The van der Waals surface area contributed by atoms with E-state index in [0.29, 0.717) is 0 Å². The van der Waals surface area contributed by atoms with Crippen LogP contribution in [0, 0.1) is 0 Å². The van der Waals surface area contributed by atoms with Crippen LogP contribution in [0.15, 0.2) is 60.8 Å². The van der Waals surface area contributed by atoms with E-state index >= 15 is 0 Å². The second kappa shape index (κ2) is 8.29. The number of ether oxygens (including phenoxy) is 1. The van der Waals surface area contributed by atoms with Crippen LogP contribution in [0.3, 0.4) is 0 Å². The van der Waals surface area contributed by atoms with Crippen molar-refractivity contribution >= 4 is 11.6 Å². The average molecular weight is 440 g/mol. The van der Waals surface area contributed by atoms with E-state index in [1.54, 1.807) is 0 Å². The number of nitrogens with one attached hydrogen (secondary N) is 1. The molecule has 162 valence electrons. The number of anilines is 1. The van der Waals surface area contributed by atoms with Crippen LogP contribution in [0.25, 0.3) is 11.3 Å². The summed E-state index contributed by atoms with van der Waals surface area (Å²) < 4.78 is 83.4. The topological polar surface area (TPSA) is 51.2 Å². The van der Waals surface area contributed by atoms with Gasteiger partial charge in [0.15, 0.2) is 0 Å². The van der Waals surface area contributed by atoms with Crippen molar-refractivity contribution in [1.82, 2.24) is 4.98 Å². The van der Waals surface area contributed by atoms with Gasteiger partial charge in [0.05, 0.1) is 23.9 Å². The molecule has 0 fully saturated rings. The molecule has 0 saturated heterocycles. The fraction of sp³-hybridized carbons (Fsp3) is 0.143. The van der Waals surface area contributed by atoms with E-state index in [1.165, 1.54) is 43.6 Å². The van der Waals surface area contributed by atoms with Crippen molar-refractivity contribution in [2.75, 3.05) is 12.4 Å². The zero-order chi connectivity index (χ0) is 22.8. The first-order valence-corrected chi connectivity index (χ1v) is 8.69. The molecule has 1 N–H and O–H groups in total. The number of amides is 1. The summed E-state index contributed by atoms with van der Waals surface area (Å²) in [4.78, 5) is 16.2. The van der Waals surface area contributed by atoms with E-state index in [-0.39, 0.29) is 28.3 Å². The van der Waals surface area contributed by atoms with Gasteiger partial charge in [0, 0.05) is 29.1 Å². The molecule has 1 heterocycles. The Balaban J connectivity index is 1.86. The summed E-state index contributed by atoms with van der Waals surface area (Å²) in [5, 5.41) is 2.33. The molecule has 2 aromatic carbocycles. The van der Waals surface area contributed by atoms with E-state index in [9.17, 15) is 31.1 Å². The quantitative estimate of drug-likeness (QED) is 0.503. The fourth-order valence-corrected chi connectivity index (χ4v) is 2.80. The molecule has 1 aromatic heterocycles. The smallest absolute Gasteiger partial charge is 0.418 e. The third kappa shape index (κ3) is 5.14. The van der Waals surface area contributed by atoms with Gasteiger partial charge in [0.25, 0.3) is 5.91 Å². The number of carbonyl (C=O) groups is 1. The van der Waals surface area contributed by atoms with E-state index in [4.69, 9.17) is 4.74 Å². The number of hydrogen-bond acceptors (Lipinski definition) is 3. The van der Waals surface area contributed by atoms with E-state index in [0.717, 1.165) is 24.3 Å². The number of hydrogen-bond donors (Lipinski definition) is 1. The van der Waals surface area contributed by atoms with Crippen LogP contribution in [-0.4, -0.2) is 18.0 Å². The summed E-state index contributed by atoms with van der Waals surface area (Å²) in [6.45, 7) is 0. The maximum Gasteiger partial charge on any atom is 0.418 e. The molecule has 3 aromatic rings. The highest BCUT2D eigenvalue weighted by Crippen LogP contribution is 2.36. The third-order valence-electron chi connectivity index (χ3n) is 4.26. The van der Waals surface area contributed by atoms with E-state index < -0.39 is 29.4 Å². The second-order valence-electron chi connectivity index (χ2n) is 6.38. The third-order valence-corrected chi connectivity index (χ3v) is 4.26. The molecule has 0 saturated carbocycles. The maximum atomic E-state index is 13.2. The van der Waals surface area contributed by atoms with E-state index in [1.807, 2.05) is 0 Å². The number of halogens is 6. The SMILES string of the molecule is COc1cc(NC(=O)c2ccc(-c3ncccc3C(F)(F)F)cc2)cc(C(F)(F)F)c1. The Morgan fingerprint density at radius 3 is 2.19 bits per heavy atom. The van der Waals surface area contributed by atoms with Gasteiger partial charge in [-0.2, -0.15) is 26.3 Å². The molecule has 0 aliphatic carbocycles. The van der Waals surface area contributed by atoms with Crippen molar-refractivity contribution < 1.29 is 35.9 Å². The zero-order valence-corrected chi connectivity index (χ0v) is 15.8. The number of rotatable bonds is 4. The van der Waals surface area contributed by atoms with Gasteiger partial charge >= 0.3 is 12.4 Å². The lowest BCUT2D eigenvalue weighted by Gasteiger charge is -2.13. The van der Waals surface area contributed by atoms with Gasteiger partial charge in [-0.05, 0) is 36.4 Å². The Morgan fingerprint density at radius 2 is 1.61 bits per heavy atom. The number of carbonyl (C=O) groups excluding carboxylic acids is 1. The van der Waals surface area contributed by atoms with Gasteiger partial charge in [-0.1, -0.05) is 12.1 Å². The van der Waals surface area contributed by atoms with Gasteiger partial charge in [0.1, 0.15) is 5.75 Å². The molecule has 0 radical (unpaired) electrons. The minimum absolute atomic E-state index is 0.0321. The van der Waals surface area contributed by atoms with Crippen molar-refractivity contribution in [3.8, 4) is 17.0 Å². The average Bonchev–Trinajstić information content (AvgIpc) is 2.72. The number of nitrogens with zero attached hydrogens (tertiary/aromatic N) is 1. The van der Waals surface area contributed by atoms with Gasteiger partial charge in [-0.25, -0.2) is 0 Å². The lowest BCUT2D eigenvalue weighted by atomic mass is 10.0. The van der Waals surface area contributed by atoms with Crippen molar-refractivity contribution in [1.29, 1.82) is 0 Å². The van der Waals surface area contributed by atoms with E-state index in [2.05, 4.69) is 10.3 Å². The molecule has 0 atom stereocenters. The van der Waals surface area contributed by atoms with Crippen LogP contribution in [0.4, 0.5) is 32.0 Å². The fourth-order valence-electron chi connectivity index (χ4n) is 2.80. The molecule has 0 bridgehead atoms. The number of benzene rings is 2. The predicted molar refractivity (Wildman–Crippen MR) is 101 cm³/mol. The monoisotopic (exact) mass is 440 g/mol. The highest BCUT2D eigenvalue weighted by Gasteiger charge is 2.34. The molecule has 4 nitrogen and oxygen atoms in total. The van der Waals surface area contributed by atoms with Crippen LogP contribution >= 0.6 is 0 Å². The van der Waals surface area contributed by atoms with Crippen LogP contribution in [0.2, 0.25) is 0 Å². The molecule has 10 heteroatoms. The molecule has 31 heavy (non-hydrogen) atoms. The first-order valence-electron chi connectivity index (χ1n) is 8.69. The largest absolute Gasteiger partial charge is 0.497 e. The van der Waals surface area contributed by atoms with Crippen molar-refractivity contribution in [2.45, 2.75) is 12.4 Å². The van der Waals surface area contributed by atoms with Crippen LogP contribution in [0.1, 0.15) is 21.5 Å². The molecule has 3 rings (SSSR count). The number of methoxy groups -OCH3 is 1. The zero-order valence-electron chi connectivity index (χ0n) is 15.8. The molecule has 0 spiro atoms. The minimum Gasteiger partial charge on any atom is -0.497 e. The number of pyridine rings is 1. The summed E-state index contributed by atoms with van der Waals surface area (Å²) in [6.07, 6.45) is -8.04. The Hall–Kier alpha value is -3.56. The van der Waals surface area contributed by atoms with Crippen LogP contribution < -0.4 is 10.1 Å². The summed E-state index contributed by atoms with van der Waals surface area (Å²) in [6, 6.07) is 9.87. The Labute approximate surface area is 172 Å². The normalized spacial score (nSPS) is 11.8. The van der Waals surface area contributed by atoms with Gasteiger partial charge < -0.3 is 10.1 Å². The molecular weight excluding hydrogens is 426 g/mol. The van der Waals surface area contributed by atoms with Crippen molar-refractivity contribution in [3.05, 3.63) is 77.5 Å². The standard InChI is InChI=1S/C21H14F6N2O2/c1-31-16-10-14(20(22,23)24)9-15(11-16)29-19(30)13-6-4-12(5-7-13)18-17(21(25,26)27)3-2-8-28-18/h2-11H,1H3,(H,29,30). The lowest BCUT2D eigenvalue weighted by molar-refractivity contribution is -0.138. The summed E-state index contributed by atoms with van der Waals surface area (Å²) >= 11 is 0.